The van der Waals surface area contributed by atoms with E-state index in [1.165, 1.54) is 12.4 Å². The fraction of sp³-hybridized carbons (Fsp3) is 0. The maximum Gasteiger partial charge on any atom is 0.181 e. The van der Waals surface area contributed by atoms with Crippen LogP contribution in [0.2, 0.25) is 0 Å². The SMILES string of the molecule is [O-][n+]1ccc(-c2nccs2)cc1. The zero-order valence-corrected chi connectivity index (χ0v) is 6.99. The third kappa shape index (κ3) is 1.29. The average Bonchev–Trinajstić information content (AvgIpc) is 2.58. The van der Waals surface area contributed by atoms with Gasteiger partial charge in [0.15, 0.2) is 12.4 Å². The lowest BCUT2D eigenvalue weighted by Crippen LogP contribution is -2.23. The highest BCUT2D eigenvalue weighted by atomic mass is 32.1. The van der Waals surface area contributed by atoms with E-state index in [0.29, 0.717) is 0 Å². The molecule has 0 spiro atoms. The Morgan fingerprint density at radius 2 is 2.08 bits per heavy atom. The summed E-state index contributed by atoms with van der Waals surface area (Å²) in [5, 5.41) is 13.5. The molecule has 60 valence electrons. The molecule has 2 heterocycles. The Balaban J connectivity index is 2.43. The molecular formula is C8H6N2OS. The maximum absolute atomic E-state index is 10.7. The van der Waals surface area contributed by atoms with Crippen LogP contribution >= 0.6 is 11.3 Å². The minimum atomic E-state index is 0.761. The van der Waals surface area contributed by atoms with Gasteiger partial charge in [0, 0.05) is 29.3 Å². The van der Waals surface area contributed by atoms with Crippen LogP contribution in [0.3, 0.4) is 0 Å². The summed E-state index contributed by atoms with van der Waals surface area (Å²) in [6, 6.07) is 3.51. The van der Waals surface area contributed by atoms with Crippen molar-refractivity contribution >= 4 is 11.3 Å². The van der Waals surface area contributed by atoms with Crippen molar-refractivity contribution in [3.05, 3.63) is 41.3 Å². The van der Waals surface area contributed by atoms with Gasteiger partial charge >= 0.3 is 0 Å². The van der Waals surface area contributed by atoms with E-state index in [0.717, 1.165) is 15.3 Å². The van der Waals surface area contributed by atoms with E-state index in [4.69, 9.17) is 0 Å². The summed E-state index contributed by atoms with van der Waals surface area (Å²) < 4.78 is 0.761. The minimum Gasteiger partial charge on any atom is -0.619 e. The predicted molar refractivity (Wildman–Crippen MR) is 46.5 cm³/mol. The number of aromatic nitrogens is 2. The van der Waals surface area contributed by atoms with Crippen molar-refractivity contribution in [3.8, 4) is 10.6 Å². The first-order valence-electron chi connectivity index (χ1n) is 3.45. The third-order valence-electron chi connectivity index (χ3n) is 1.48. The number of thiazole rings is 1. The number of nitrogens with zero attached hydrogens (tertiary/aromatic N) is 2. The van der Waals surface area contributed by atoms with Crippen molar-refractivity contribution in [1.82, 2.24) is 4.98 Å². The lowest BCUT2D eigenvalue weighted by atomic mass is 10.3. The minimum absolute atomic E-state index is 0.761. The van der Waals surface area contributed by atoms with Crippen molar-refractivity contribution in [2.45, 2.75) is 0 Å². The van der Waals surface area contributed by atoms with Crippen LogP contribution in [0.1, 0.15) is 0 Å². The largest absolute Gasteiger partial charge is 0.619 e. The van der Waals surface area contributed by atoms with Gasteiger partial charge in [-0.05, 0) is 0 Å². The second-order valence-corrected chi connectivity index (χ2v) is 3.18. The first-order chi connectivity index (χ1) is 5.86. The van der Waals surface area contributed by atoms with Crippen molar-refractivity contribution in [1.29, 1.82) is 0 Å². The van der Waals surface area contributed by atoms with Crippen molar-refractivity contribution in [3.63, 3.8) is 0 Å². The van der Waals surface area contributed by atoms with Gasteiger partial charge in [0.1, 0.15) is 5.01 Å². The zero-order chi connectivity index (χ0) is 8.39. The molecule has 0 atom stereocenters. The van der Waals surface area contributed by atoms with E-state index in [1.807, 2.05) is 5.38 Å². The van der Waals surface area contributed by atoms with Crippen LogP contribution in [-0.2, 0) is 0 Å². The van der Waals surface area contributed by atoms with Gasteiger partial charge in [-0.3, -0.25) is 0 Å². The van der Waals surface area contributed by atoms with Crippen LogP contribution in [0.15, 0.2) is 36.1 Å². The van der Waals surface area contributed by atoms with E-state index in [1.54, 1.807) is 29.7 Å². The quantitative estimate of drug-likeness (QED) is 0.489. The Labute approximate surface area is 73.5 Å². The molecule has 0 bridgehead atoms. The van der Waals surface area contributed by atoms with E-state index >= 15 is 0 Å². The van der Waals surface area contributed by atoms with E-state index < -0.39 is 0 Å². The number of hydrogen-bond acceptors (Lipinski definition) is 3. The molecule has 0 aromatic carbocycles. The third-order valence-corrected chi connectivity index (χ3v) is 2.30. The zero-order valence-electron chi connectivity index (χ0n) is 6.18. The fourth-order valence-electron chi connectivity index (χ4n) is 0.921. The van der Waals surface area contributed by atoms with Crippen LogP contribution in [0.4, 0.5) is 0 Å². The van der Waals surface area contributed by atoms with Gasteiger partial charge in [-0.2, -0.15) is 4.73 Å². The summed E-state index contributed by atoms with van der Waals surface area (Å²) in [7, 11) is 0. The smallest absolute Gasteiger partial charge is 0.181 e. The van der Waals surface area contributed by atoms with Crippen molar-refractivity contribution in [2.75, 3.05) is 0 Å². The van der Waals surface area contributed by atoms with Crippen LogP contribution < -0.4 is 4.73 Å². The van der Waals surface area contributed by atoms with Crippen molar-refractivity contribution in [2.24, 2.45) is 0 Å². The molecule has 2 rings (SSSR count). The molecular weight excluding hydrogens is 172 g/mol. The Morgan fingerprint density at radius 3 is 2.67 bits per heavy atom. The second kappa shape index (κ2) is 2.91. The topological polar surface area (TPSA) is 39.8 Å². The monoisotopic (exact) mass is 178 g/mol. The highest BCUT2D eigenvalue weighted by Gasteiger charge is 2.00. The average molecular weight is 178 g/mol. The molecule has 0 N–H and O–H groups in total. The summed E-state index contributed by atoms with van der Waals surface area (Å²) >= 11 is 1.56. The number of rotatable bonds is 1. The molecule has 2 aromatic rings. The molecule has 0 saturated carbocycles. The summed E-state index contributed by atoms with van der Waals surface area (Å²) in [6.45, 7) is 0. The number of hydrogen-bond donors (Lipinski definition) is 0. The Kier molecular flexibility index (Phi) is 1.75. The Morgan fingerprint density at radius 1 is 1.33 bits per heavy atom. The first-order valence-corrected chi connectivity index (χ1v) is 4.33. The van der Waals surface area contributed by atoms with Gasteiger partial charge in [0.25, 0.3) is 0 Å². The number of pyridine rings is 1. The van der Waals surface area contributed by atoms with Gasteiger partial charge in [0.05, 0.1) is 0 Å². The molecule has 0 radical (unpaired) electrons. The molecule has 4 heteroatoms. The van der Waals surface area contributed by atoms with Gasteiger partial charge < -0.3 is 5.21 Å². The van der Waals surface area contributed by atoms with Gasteiger partial charge in [-0.25, -0.2) is 4.98 Å². The van der Waals surface area contributed by atoms with Crippen LogP contribution in [0.5, 0.6) is 0 Å². The standard InChI is InChI=1S/C8H6N2OS/c11-10-4-1-7(2-5-10)8-9-3-6-12-8/h1-6H. The molecule has 0 fully saturated rings. The lowest BCUT2D eigenvalue weighted by Gasteiger charge is -1.95. The molecule has 2 aromatic heterocycles. The van der Waals surface area contributed by atoms with Crippen LogP contribution in [0.25, 0.3) is 10.6 Å². The van der Waals surface area contributed by atoms with E-state index in [2.05, 4.69) is 4.98 Å². The Bertz CT molecular complexity index is 355. The molecule has 3 nitrogen and oxygen atoms in total. The molecule has 0 unspecified atom stereocenters. The van der Waals surface area contributed by atoms with Crippen LogP contribution in [0, 0.1) is 5.21 Å². The molecule has 12 heavy (non-hydrogen) atoms. The predicted octanol–water partition coefficient (Wildman–Crippen LogP) is 1.44. The summed E-state index contributed by atoms with van der Waals surface area (Å²) in [5.41, 5.74) is 0.983. The van der Waals surface area contributed by atoms with Crippen LogP contribution in [-0.4, -0.2) is 4.98 Å². The molecule has 0 aliphatic carbocycles. The fourth-order valence-corrected chi connectivity index (χ4v) is 1.57. The van der Waals surface area contributed by atoms with Gasteiger partial charge in [0.2, 0.25) is 0 Å². The normalized spacial score (nSPS) is 10.0. The lowest BCUT2D eigenvalue weighted by molar-refractivity contribution is -0.605. The molecule has 0 aliphatic heterocycles. The summed E-state index contributed by atoms with van der Waals surface area (Å²) in [4.78, 5) is 4.12. The highest BCUT2D eigenvalue weighted by molar-refractivity contribution is 7.13. The van der Waals surface area contributed by atoms with Crippen molar-refractivity contribution < 1.29 is 4.73 Å². The molecule has 0 amide bonds. The summed E-state index contributed by atoms with van der Waals surface area (Å²) in [5.74, 6) is 0. The summed E-state index contributed by atoms with van der Waals surface area (Å²) in [6.07, 6.45) is 4.69. The Hall–Kier alpha value is -1.42. The van der Waals surface area contributed by atoms with E-state index in [-0.39, 0.29) is 0 Å². The molecule has 0 aliphatic rings. The highest BCUT2D eigenvalue weighted by Crippen LogP contribution is 2.19. The van der Waals surface area contributed by atoms with E-state index in [9.17, 15) is 5.21 Å². The van der Waals surface area contributed by atoms with Gasteiger partial charge in [-0.15, -0.1) is 11.3 Å². The van der Waals surface area contributed by atoms with Gasteiger partial charge in [-0.1, -0.05) is 0 Å². The first kappa shape index (κ1) is 7.24. The maximum atomic E-state index is 10.7. The molecule has 0 saturated heterocycles. The second-order valence-electron chi connectivity index (χ2n) is 2.28.